The van der Waals surface area contributed by atoms with E-state index in [0.717, 1.165) is 16.9 Å². The van der Waals surface area contributed by atoms with E-state index in [1.807, 2.05) is 31.2 Å². The van der Waals surface area contributed by atoms with E-state index in [4.69, 9.17) is 16.3 Å². The standard InChI is InChI=1S/C24H22ClNO3/c1-16-14-17(8-12-22(16)29-2)9-13-23(27)26-21-11-10-19(25)15-20(21)24(28)18-6-4-3-5-7-18/h3-8,10-12,14-15H,9,13H2,1-2H3,(H,26,27). The maximum absolute atomic E-state index is 12.9. The third-order valence-electron chi connectivity index (χ3n) is 4.64. The summed E-state index contributed by atoms with van der Waals surface area (Å²) in [4.78, 5) is 25.4. The summed E-state index contributed by atoms with van der Waals surface area (Å²) in [5, 5.41) is 3.29. The molecule has 0 aliphatic carbocycles. The maximum Gasteiger partial charge on any atom is 0.224 e. The van der Waals surface area contributed by atoms with Crippen LogP contribution < -0.4 is 10.1 Å². The largest absolute Gasteiger partial charge is 0.496 e. The number of rotatable bonds is 7. The zero-order valence-corrected chi connectivity index (χ0v) is 17.1. The van der Waals surface area contributed by atoms with Crippen LogP contribution in [0, 0.1) is 6.92 Å². The minimum absolute atomic E-state index is 0.164. The molecule has 3 aromatic rings. The van der Waals surface area contributed by atoms with Gasteiger partial charge in [-0.1, -0.05) is 54.1 Å². The summed E-state index contributed by atoms with van der Waals surface area (Å²) < 4.78 is 5.26. The average molecular weight is 408 g/mol. The lowest BCUT2D eigenvalue weighted by Gasteiger charge is -2.12. The first-order valence-electron chi connectivity index (χ1n) is 9.30. The molecule has 29 heavy (non-hydrogen) atoms. The van der Waals surface area contributed by atoms with Crippen molar-refractivity contribution in [1.82, 2.24) is 0 Å². The molecule has 0 bridgehead atoms. The van der Waals surface area contributed by atoms with Gasteiger partial charge >= 0.3 is 0 Å². The fourth-order valence-corrected chi connectivity index (χ4v) is 3.30. The number of aryl methyl sites for hydroxylation is 2. The molecular weight excluding hydrogens is 386 g/mol. The summed E-state index contributed by atoms with van der Waals surface area (Å²) in [5.74, 6) is 0.473. The van der Waals surface area contributed by atoms with Gasteiger partial charge in [0.2, 0.25) is 5.91 Å². The Kier molecular flexibility index (Phi) is 6.68. The third-order valence-corrected chi connectivity index (χ3v) is 4.87. The van der Waals surface area contributed by atoms with Crippen molar-refractivity contribution in [3.8, 4) is 5.75 Å². The Balaban J connectivity index is 1.72. The second-order valence-electron chi connectivity index (χ2n) is 6.74. The molecule has 4 nitrogen and oxygen atoms in total. The minimum Gasteiger partial charge on any atom is -0.496 e. The number of benzene rings is 3. The average Bonchev–Trinajstić information content (AvgIpc) is 2.73. The lowest BCUT2D eigenvalue weighted by molar-refractivity contribution is -0.116. The molecule has 3 rings (SSSR count). The summed E-state index contributed by atoms with van der Waals surface area (Å²) in [5.41, 5.74) is 3.45. The van der Waals surface area contributed by atoms with Crippen LogP contribution in [-0.4, -0.2) is 18.8 Å². The molecule has 0 fully saturated rings. The zero-order chi connectivity index (χ0) is 20.8. The van der Waals surface area contributed by atoms with Crippen molar-refractivity contribution < 1.29 is 14.3 Å². The van der Waals surface area contributed by atoms with E-state index in [2.05, 4.69) is 5.32 Å². The first-order valence-corrected chi connectivity index (χ1v) is 9.68. The van der Waals surface area contributed by atoms with E-state index in [0.29, 0.717) is 34.7 Å². The van der Waals surface area contributed by atoms with Gasteiger partial charge in [0.15, 0.2) is 5.78 Å². The van der Waals surface area contributed by atoms with Crippen molar-refractivity contribution in [2.24, 2.45) is 0 Å². The van der Waals surface area contributed by atoms with Gasteiger partial charge in [-0.15, -0.1) is 0 Å². The van der Waals surface area contributed by atoms with Crippen LogP contribution in [0.25, 0.3) is 0 Å². The fraction of sp³-hybridized carbons (Fsp3) is 0.167. The van der Waals surface area contributed by atoms with Crippen LogP contribution in [0.3, 0.4) is 0 Å². The van der Waals surface area contributed by atoms with E-state index in [9.17, 15) is 9.59 Å². The van der Waals surface area contributed by atoms with Crippen molar-refractivity contribution in [2.75, 3.05) is 12.4 Å². The Labute approximate surface area is 175 Å². The van der Waals surface area contributed by atoms with Crippen molar-refractivity contribution in [1.29, 1.82) is 0 Å². The summed E-state index contributed by atoms with van der Waals surface area (Å²) in [6.45, 7) is 1.97. The lowest BCUT2D eigenvalue weighted by atomic mass is 10.0. The Morgan fingerprint density at radius 3 is 2.45 bits per heavy atom. The lowest BCUT2D eigenvalue weighted by Crippen LogP contribution is -2.15. The van der Waals surface area contributed by atoms with Gasteiger partial charge in [-0.2, -0.15) is 0 Å². The maximum atomic E-state index is 12.9. The van der Waals surface area contributed by atoms with Gasteiger partial charge in [-0.3, -0.25) is 9.59 Å². The monoisotopic (exact) mass is 407 g/mol. The Bertz CT molecular complexity index is 1030. The second-order valence-corrected chi connectivity index (χ2v) is 7.17. The van der Waals surface area contributed by atoms with E-state index in [-0.39, 0.29) is 11.7 Å². The molecule has 1 N–H and O–H groups in total. The first kappa shape index (κ1) is 20.6. The van der Waals surface area contributed by atoms with Gasteiger partial charge in [-0.05, 0) is 48.7 Å². The molecule has 0 unspecified atom stereocenters. The SMILES string of the molecule is COc1ccc(CCC(=O)Nc2ccc(Cl)cc2C(=O)c2ccccc2)cc1C. The molecule has 0 radical (unpaired) electrons. The van der Waals surface area contributed by atoms with Crippen LogP contribution in [0.4, 0.5) is 5.69 Å². The van der Waals surface area contributed by atoms with Gasteiger partial charge in [0.05, 0.1) is 12.8 Å². The van der Waals surface area contributed by atoms with Crippen LogP contribution in [0.1, 0.15) is 33.5 Å². The molecule has 3 aromatic carbocycles. The third kappa shape index (κ3) is 5.24. The fourth-order valence-electron chi connectivity index (χ4n) is 3.12. The summed E-state index contributed by atoms with van der Waals surface area (Å²) in [6, 6.07) is 19.7. The van der Waals surface area contributed by atoms with Gasteiger partial charge in [0.1, 0.15) is 5.75 Å². The van der Waals surface area contributed by atoms with Crippen LogP contribution in [0.5, 0.6) is 5.75 Å². The van der Waals surface area contributed by atoms with Crippen molar-refractivity contribution >= 4 is 29.0 Å². The molecule has 1 amide bonds. The highest BCUT2D eigenvalue weighted by molar-refractivity contribution is 6.31. The molecule has 5 heteroatoms. The molecule has 148 valence electrons. The number of carbonyl (C=O) groups is 2. The predicted molar refractivity (Wildman–Crippen MR) is 116 cm³/mol. The first-order chi connectivity index (χ1) is 14.0. The molecule has 0 heterocycles. The van der Waals surface area contributed by atoms with Crippen LogP contribution in [-0.2, 0) is 11.2 Å². The number of hydrogen-bond donors (Lipinski definition) is 1. The van der Waals surface area contributed by atoms with Crippen molar-refractivity contribution in [2.45, 2.75) is 19.8 Å². The molecular formula is C24H22ClNO3. The van der Waals surface area contributed by atoms with E-state index in [1.54, 1.807) is 49.6 Å². The van der Waals surface area contributed by atoms with Crippen molar-refractivity contribution in [3.63, 3.8) is 0 Å². The van der Waals surface area contributed by atoms with Crippen LogP contribution in [0.15, 0.2) is 66.7 Å². The normalized spacial score (nSPS) is 10.4. The highest BCUT2D eigenvalue weighted by atomic mass is 35.5. The quantitative estimate of drug-likeness (QED) is 0.529. The van der Waals surface area contributed by atoms with E-state index in [1.165, 1.54) is 0 Å². The Morgan fingerprint density at radius 2 is 1.76 bits per heavy atom. The van der Waals surface area contributed by atoms with Crippen LogP contribution in [0.2, 0.25) is 5.02 Å². The topological polar surface area (TPSA) is 55.4 Å². The number of amides is 1. The number of carbonyl (C=O) groups excluding carboxylic acids is 2. The Hall–Kier alpha value is -3.11. The number of hydrogen-bond acceptors (Lipinski definition) is 3. The smallest absolute Gasteiger partial charge is 0.224 e. The summed E-state index contributed by atoms with van der Waals surface area (Å²) in [7, 11) is 1.63. The highest BCUT2D eigenvalue weighted by Crippen LogP contribution is 2.24. The Morgan fingerprint density at radius 1 is 1.00 bits per heavy atom. The number of ether oxygens (including phenoxy) is 1. The van der Waals surface area contributed by atoms with E-state index < -0.39 is 0 Å². The predicted octanol–water partition coefficient (Wildman–Crippen LogP) is 5.46. The van der Waals surface area contributed by atoms with Crippen molar-refractivity contribution in [3.05, 3.63) is 94.0 Å². The number of ketones is 1. The molecule has 0 aromatic heterocycles. The van der Waals surface area contributed by atoms with Gasteiger partial charge < -0.3 is 10.1 Å². The number of nitrogens with one attached hydrogen (secondary N) is 1. The highest BCUT2D eigenvalue weighted by Gasteiger charge is 2.16. The molecule has 0 aliphatic heterocycles. The zero-order valence-electron chi connectivity index (χ0n) is 16.4. The van der Waals surface area contributed by atoms with E-state index >= 15 is 0 Å². The van der Waals surface area contributed by atoms with Crippen LogP contribution >= 0.6 is 11.6 Å². The summed E-state index contributed by atoms with van der Waals surface area (Å²) in [6.07, 6.45) is 0.888. The molecule has 0 spiro atoms. The minimum atomic E-state index is -0.186. The second kappa shape index (κ2) is 9.39. The molecule has 0 aliphatic rings. The van der Waals surface area contributed by atoms with Gasteiger partial charge in [-0.25, -0.2) is 0 Å². The number of halogens is 1. The van der Waals surface area contributed by atoms with Gasteiger partial charge in [0, 0.05) is 22.6 Å². The number of anilines is 1. The summed E-state index contributed by atoms with van der Waals surface area (Å²) >= 11 is 6.09. The molecule has 0 saturated heterocycles. The number of methoxy groups -OCH3 is 1. The molecule has 0 atom stereocenters. The molecule has 0 saturated carbocycles. The van der Waals surface area contributed by atoms with Gasteiger partial charge in [0.25, 0.3) is 0 Å².